The molecule has 0 bridgehead atoms. The molecule has 1 fully saturated rings. The Labute approximate surface area is 155 Å². The monoisotopic (exact) mass is 375 g/mol. The van der Waals surface area contributed by atoms with E-state index in [9.17, 15) is 9.59 Å². The predicted molar refractivity (Wildman–Crippen MR) is 99.6 cm³/mol. The number of nitrogens with zero attached hydrogens (tertiary/aromatic N) is 2. The Hall–Kier alpha value is -2.61. The van der Waals surface area contributed by atoms with Crippen LogP contribution < -0.4 is 10.1 Å². The number of thiazole rings is 1. The highest BCUT2D eigenvalue weighted by Gasteiger charge is 2.24. The van der Waals surface area contributed by atoms with Gasteiger partial charge in [-0.25, -0.2) is 9.78 Å². The van der Waals surface area contributed by atoms with E-state index in [-0.39, 0.29) is 12.5 Å². The van der Waals surface area contributed by atoms with Gasteiger partial charge in [0.15, 0.2) is 5.13 Å². The van der Waals surface area contributed by atoms with E-state index in [1.54, 1.807) is 7.11 Å². The molecule has 2 aromatic rings. The third-order valence-corrected chi connectivity index (χ3v) is 4.99. The molecule has 3 rings (SSSR count). The van der Waals surface area contributed by atoms with Crippen LogP contribution in [-0.2, 0) is 16.0 Å². The lowest BCUT2D eigenvalue weighted by atomic mass is 10.1. The van der Waals surface area contributed by atoms with Gasteiger partial charge < -0.3 is 14.8 Å². The van der Waals surface area contributed by atoms with Crippen LogP contribution >= 0.6 is 11.3 Å². The minimum Gasteiger partial charge on any atom is -0.497 e. The molecule has 1 aliphatic heterocycles. The predicted octanol–water partition coefficient (Wildman–Crippen LogP) is 3.16. The average Bonchev–Trinajstić information content (AvgIpc) is 3.22. The molecule has 2 amide bonds. The van der Waals surface area contributed by atoms with E-state index < -0.39 is 6.09 Å². The molecular formula is C18H21N3O4S. The molecule has 1 aliphatic rings. The normalized spacial score (nSPS) is 13.6. The second-order valence-electron chi connectivity index (χ2n) is 5.85. The smallest absolute Gasteiger partial charge is 0.410 e. The molecule has 0 saturated carbocycles. The number of nitrogens with one attached hydrogen (secondary N) is 1. The molecule has 1 aromatic heterocycles. The summed E-state index contributed by atoms with van der Waals surface area (Å²) in [4.78, 5) is 30.7. The van der Waals surface area contributed by atoms with Gasteiger partial charge in [-0.05, 0) is 30.7 Å². The molecule has 1 aromatic carbocycles. The molecule has 0 spiro atoms. The van der Waals surface area contributed by atoms with Crippen LogP contribution in [0.2, 0.25) is 0 Å². The van der Waals surface area contributed by atoms with Crippen LogP contribution in [-0.4, -0.2) is 48.7 Å². The van der Waals surface area contributed by atoms with E-state index in [2.05, 4.69) is 17.2 Å². The first-order valence-electron chi connectivity index (χ1n) is 8.46. The van der Waals surface area contributed by atoms with Crippen LogP contribution in [0.5, 0.6) is 5.75 Å². The quantitative estimate of drug-likeness (QED) is 0.804. The van der Waals surface area contributed by atoms with Crippen LogP contribution in [0.25, 0.3) is 11.3 Å². The summed E-state index contributed by atoms with van der Waals surface area (Å²) in [6.07, 6.45) is 1.41. The number of ether oxygens (including phenoxy) is 2. The Morgan fingerprint density at radius 3 is 2.77 bits per heavy atom. The summed E-state index contributed by atoms with van der Waals surface area (Å²) in [7, 11) is 1.63. The van der Waals surface area contributed by atoms with Crippen molar-refractivity contribution in [3.63, 3.8) is 0 Å². The van der Waals surface area contributed by atoms with Crippen LogP contribution in [0, 0.1) is 0 Å². The van der Waals surface area contributed by atoms with Crippen molar-refractivity contribution in [2.45, 2.75) is 19.8 Å². The van der Waals surface area contributed by atoms with E-state index in [1.807, 2.05) is 24.3 Å². The molecule has 138 valence electrons. The zero-order valence-electron chi connectivity index (χ0n) is 14.8. The maximum atomic E-state index is 12.2. The number of carbonyl (C=O) groups excluding carboxylic acids is 2. The van der Waals surface area contributed by atoms with Gasteiger partial charge in [0.2, 0.25) is 5.91 Å². The highest BCUT2D eigenvalue weighted by molar-refractivity contribution is 7.16. The minimum absolute atomic E-state index is 0.0284. The van der Waals surface area contributed by atoms with Crippen LogP contribution in [0.3, 0.4) is 0 Å². The molecule has 1 N–H and O–H groups in total. The van der Waals surface area contributed by atoms with Crippen LogP contribution in [0.4, 0.5) is 9.93 Å². The van der Waals surface area contributed by atoms with E-state index >= 15 is 0 Å². The molecule has 8 heteroatoms. The largest absolute Gasteiger partial charge is 0.497 e. The molecule has 7 nitrogen and oxygen atoms in total. The second-order valence-corrected chi connectivity index (χ2v) is 6.94. The zero-order chi connectivity index (χ0) is 18.5. The van der Waals surface area contributed by atoms with Crippen molar-refractivity contribution in [1.29, 1.82) is 0 Å². The molecular weight excluding hydrogens is 354 g/mol. The number of amides is 2. The number of rotatable bonds is 7. The van der Waals surface area contributed by atoms with Gasteiger partial charge in [0.05, 0.1) is 19.3 Å². The van der Waals surface area contributed by atoms with Gasteiger partial charge in [-0.1, -0.05) is 13.3 Å². The fourth-order valence-corrected chi connectivity index (χ4v) is 3.78. The van der Waals surface area contributed by atoms with Crippen molar-refractivity contribution in [1.82, 2.24) is 9.88 Å². The lowest BCUT2D eigenvalue weighted by Gasteiger charge is -2.10. The summed E-state index contributed by atoms with van der Waals surface area (Å²) in [6, 6.07) is 7.70. The number of cyclic esters (lactones) is 1. The van der Waals surface area contributed by atoms with Gasteiger partial charge in [0.25, 0.3) is 0 Å². The molecule has 1 saturated heterocycles. The Morgan fingerprint density at radius 2 is 2.15 bits per heavy atom. The third kappa shape index (κ3) is 4.13. The summed E-state index contributed by atoms with van der Waals surface area (Å²) >= 11 is 1.47. The summed E-state index contributed by atoms with van der Waals surface area (Å²) < 4.78 is 10.0. The van der Waals surface area contributed by atoms with Crippen molar-refractivity contribution in [2.24, 2.45) is 0 Å². The van der Waals surface area contributed by atoms with Crippen molar-refractivity contribution in [3.05, 3.63) is 29.1 Å². The van der Waals surface area contributed by atoms with Crippen molar-refractivity contribution in [3.8, 4) is 17.0 Å². The first kappa shape index (κ1) is 18.2. The Kier molecular flexibility index (Phi) is 5.72. The zero-order valence-corrected chi connectivity index (χ0v) is 15.6. The van der Waals surface area contributed by atoms with Crippen LogP contribution in [0.1, 0.15) is 18.2 Å². The van der Waals surface area contributed by atoms with Crippen molar-refractivity contribution >= 4 is 28.5 Å². The third-order valence-electron chi connectivity index (χ3n) is 3.96. The van der Waals surface area contributed by atoms with E-state index in [4.69, 9.17) is 9.47 Å². The lowest BCUT2D eigenvalue weighted by Crippen LogP contribution is -2.33. The number of hydrogen-bond acceptors (Lipinski definition) is 6. The van der Waals surface area contributed by atoms with Gasteiger partial charge in [0, 0.05) is 10.4 Å². The van der Waals surface area contributed by atoms with Gasteiger partial charge in [-0.3, -0.25) is 9.69 Å². The molecule has 0 atom stereocenters. The minimum atomic E-state index is -0.454. The molecule has 0 unspecified atom stereocenters. The van der Waals surface area contributed by atoms with Crippen LogP contribution in [0.15, 0.2) is 24.3 Å². The molecule has 0 radical (unpaired) electrons. The standard InChI is InChI=1S/C18H21N3O4S/c1-3-4-14-16(12-5-7-13(24-2)8-6-12)20-17(26-14)19-15(22)11-21-9-10-25-18(21)23/h5-8H,3-4,9-11H2,1-2H3,(H,19,20,22). The van der Waals surface area contributed by atoms with Gasteiger partial charge >= 0.3 is 6.09 Å². The first-order valence-corrected chi connectivity index (χ1v) is 9.28. The Morgan fingerprint density at radius 1 is 1.38 bits per heavy atom. The highest BCUT2D eigenvalue weighted by atomic mass is 32.1. The number of aromatic nitrogens is 1. The number of hydrogen-bond donors (Lipinski definition) is 1. The topological polar surface area (TPSA) is 80.8 Å². The van der Waals surface area contributed by atoms with E-state index in [1.165, 1.54) is 16.2 Å². The Bertz CT molecular complexity index is 788. The second kappa shape index (κ2) is 8.18. The van der Waals surface area contributed by atoms with Gasteiger partial charge in [0.1, 0.15) is 18.9 Å². The Balaban J connectivity index is 1.75. The fraction of sp³-hybridized carbons (Fsp3) is 0.389. The van der Waals surface area contributed by atoms with Crippen molar-refractivity contribution in [2.75, 3.05) is 32.1 Å². The molecule has 2 heterocycles. The summed E-state index contributed by atoms with van der Waals surface area (Å²) in [5, 5.41) is 3.33. The summed E-state index contributed by atoms with van der Waals surface area (Å²) in [6.45, 7) is 2.84. The van der Waals surface area contributed by atoms with E-state index in [0.29, 0.717) is 18.3 Å². The van der Waals surface area contributed by atoms with Crippen molar-refractivity contribution < 1.29 is 19.1 Å². The molecule has 26 heavy (non-hydrogen) atoms. The first-order chi connectivity index (χ1) is 12.6. The lowest BCUT2D eigenvalue weighted by molar-refractivity contribution is -0.116. The maximum absolute atomic E-state index is 12.2. The highest BCUT2D eigenvalue weighted by Crippen LogP contribution is 2.33. The van der Waals surface area contributed by atoms with Gasteiger partial charge in [-0.2, -0.15) is 0 Å². The average molecular weight is 375 g/mol. The number of benzene rings is 1. The number of anilines is 1. The number of carbonyl (C=O) groups is 2. The SMILES string of the molecule is CCCc1sc(NC(=O)CN2CCOC2=O)nc1-c1ccc(OC)cc1. The molecule has 0 aliphatic carbocycles. The fourth-order valence-electron chi connectivity index (χ4n) is 2.68. The summed E-state index contributed by atoms with van der Waals surface area (Å²) in [5.41, 5.74) is 1.85. The van der Waals surface area contributed by atoms with Gasteiger partial charge in [-0.15, -0.1) is 11.3 Å². The summed E-state index contributed by atoms with van der Waals surface area (Å²) in [5.74, 6) is 0.508. The maximum Gasteiger partial charge on any atom is 0.410 e. The number of aryl methyl sites for hydroxylation is 1. The number of methoxy groups -OCH3 is 1. The van der Waals surface area contributed by atoms with E-state index in [0.717, 1.165) is 34.7 Å².